The van der Waals surface area contributed by atoms with Crippen molar-refractivity contribution in [2.45, 2.75) is 33.2 Å². The largest absolute Gasteiger partial charge is 0.368 e. The van der Waals surface area contributed by atoms with Crippen molar-refractivity contribution in [3.8, 4) is 11.5 Å². The Bertz CT molecular complexity index is 690. The highest BCUT2D eigenvalue weighted by atomic mass is 35.5. The summed E-state index contributed by atoms with van der Waals surface area (Å²) in [5, 5.41) is 3.42. The Hall–Kier alpha value is -2.21. The highest BCUT2D eigenvalue weighted by Crippen LogP contribution is 2.26. The second kappa shape index (κ2) is 7.37. The molecule has 0 saturated carbocycles. The number of anilines is 1. The molecule has 0 aliphatic heterocycles. The van der Waals surface area contributed by atoms with Crippen LogP contribution in [0.15, 0.2) is 24.4 Å². The fraction of sp³-hybridized carbons (Fsp3) is 0.375. The molecule has 1 atom stereocenters. The third-order valence-electron chi connectivity index (χ3n) is 3.27. The molecule has 0 aliphatic rings. The zero-order chi connectivity index (χ0) is 17.0. The molecule has 1 unspecified atom stereocenters. The van der Waals surface area contributed by atoms with Crippen LogP contribution in [0.3, 0.4) is 0 Å². The summed E-state index contributed by atoms with van der Waals surface area (Å²) >= 11 is 6.28. The predicted octanol–water partition coefficient (Wildman–Crippen LogP) is 2.81. The molecular formula is C16H20ClN5O. The lowest BCUT2D eigenvalue weighted by Crippen LogP contribution is -2.37. The standard InChI is InChI=1S/C16H20ClN5O/c1-9(2)8-12(14(18)23)21-16-13(17)10(3)20-15(22-16)11-6-4-5-7-19-11/h4-7,9,12H,8H2,1-3H3,(H2,18,23)(H,20,21,22). The molecule has 2 aromatic heterocycles. The first-order valence-electron chi connectivity index (χ1n) is 7.40. The maximum absolute atomic E-state index is 11.7. The van der Waals surface area contributed by atoms with Crippen molar-refractivity contribution in [3.05, 3.63) is 35.1 Å². The second-order valence-corrected chi connectivity index (χ2v) is 6.12. The van der Waals surface area contributed by atoms with E-state index in [0.29, 0.717) is 40.4 Å². The maximum atomic E-state index is 11.7. The first-order valence-corrected chi connectivity index (χ1v) is 7.77. The molecule has 0 radical (unpaired) electrons. The number of aromatic nitrogens is 3. The molecule has 122 valence electrons. The number of halogens is 1. The molecule has 23 heavy (non-hydrogen) atoms. The number of carbonyl (C=O) groups is 1. The lowest BCUT2D eigenvalue weighted by molar-refractivity contribution is -0.119. The van der Waals surface area contributed by atoms with Crippen molar-refractivity contribution in [3.63, 3.8) is 0 Å². The molecule has 0 fully saturated rings. The van der Waals surface area contributed by atoms with E-state index in [2.05, 4.69) is 20.3 Å². The number of aryl methyl sites for hydroxylation is 1. The average Bonchev–Trinajstić information content (AvgIpc) is 2.51. The summed E-state index contributed by atoms with van der Waals surface area (Å²) in [6.07, 6.45) is 2.26. The summed E-state index contributed by atoms with van der Waals surface area (Å²) in [7, 11) is 0. The molecular weight excluding hydrogens is 314 g/mol. The van der Waals surface area contributed by atoms with Crippen LogP contribution in [-0.4, -0.2) is 26.9 Å². The summed E-state index contributed by atoms with van der Waals surface area (Å²) in [6.45, 7) is 5.82. The highest BCUT2D eigenvalue weighted by Gasteiger charge is 2.20. The molecule has 0 aliphatic carbocycles. The van der Waals surface area contributed by atoms with Crippen LogP contribution in [0.1, 0.15) is 26.0 Å². The van der Waals surface area contributed by atoms with Gasteiger partial charge in [-0.2, -0.15) is 0 Å². The van der Waals surface area contributed by atoms with Gasteiger partial charge in [0, 0.05) is 6.20 Å². The van der Waals surface area contributed by atoms with Gasteiger partial charge in [0.15, 0.2) is 5.82 Å². The highest BCUT2D eigenvalue weighted by molar-refractivity contribution is 6.33. The van der Waals surface area contributed by atoms with E-state index in [0.717, 1.165) is 0 Å². The van der Waals surface area contributed by atoms with Crippen molar-refractivity contribution in [2.24, 2.45) is 11.7 Å². The number of hydrogen-bond donors (Lipinski definition) is 2. The smallest absolute Gasteiger partial charge is 0.239 e. The molecule has 2 heterocycles. The van der Waals surface area contributed by atoms with E-state index >= 15 is 0 Å². The number of nitrogens with one attached hydrogen (secondary N) is 1. The zero-order valence-electron chi connectivity index (χ0n) is 13.4. The third-order valence-corrected chi connectivity index (χ3v) is 3.72. The van der Waals surface area contributed by atoms with Crippen molar-refractivity contribution in [1.82, 2.24) is 15.0 Å². The summed E-state index contributed by atoms with van der Waals surface area (Å²) < 4.78 is 0. The van der Waals surface area contributed by atoms with Gasteiger partial charge in [0.05, 0.1) is 5.69 Å². The Balaban J connectivity index is 2.38. The van der Waals surface area contributed by atoms with Crippen LogP contribution in [0, 0.1) is 12.8 Å². The van der Waals surface area contributed by atoms with Gasteiger partial charge in [-0.15, -0.1) is 0 Å². The Morgan fingerprint density at radius 1 is 1.35 bits per heavy atom. The number of carbonyl (C=O) groups excluding carboxylic acids is 1. The molecule has 0 aromatic carbocycles. The fourth-order valence-corrected chi connectivity index (χ4v) is 2.29. The van der Waals surface area contributed by atoms with Gasteiger partial charge < -0.3 is 11.1 Å². The lowest BCUT2D eigenvalue weighted by atomic mass is 10.0. The number of amides is 1. The quantitative estimate of drug-likeness (QED) is 0.847. The number of nitrogens with zero attached hydrogens (tertiary/aromatic N) is 3. The topological polar surface area (TPSA) is 93.8 Å². The van der Waals surface area contributed by atoms with Gasteiger partial charge in [-0.05, 0) is 31.4 Å². The number of rotatable bonds is 6. The summed E-state index contributed by atoms with van der Waals surface area (Å²) in [5.41, 5.74) is 6.71. The minimum absolute atomic E-state index is 0.303. The van der Waals surface area contributed by atoms with Crippen LogP contribution in [0.2, 0.25) is 5.02 Å². The second-order valence-electron chi connectivity index (χ2n) is 5.74. The van der Waals surface area contributed by atoms with Gasteiger partial charge in [-0.1, -0.05) is 31.5 Å². The van der Waals surface area contributed by atoms with Gasteiger partial charge in [0.2, 0.25) is 5.91 Å². The minimum Gasteiger partial charge on any atom is -0.368 e. The molecule has 0 saturated heterocycles. The van der Waals surface area contributed by atoms with E-state index in [1.54, 1.807) is 13.1 Å². The molecule has 0 bridgehead atoms. The van der Waals surface area contributed by atoms with Crippen LogP contribution in [-0.2, 0) is 4.79 Å². The lowest BCUT2D eigenvalue weighted by Gasteiger charge is -2.19. The van der Waals surface area contributed by atoms with Gasteiger partial charge in [-0.3, -0.25) is 9.78 Å². The van der Waals surface area contributed by atoms with Crippen molar-refractivity contribution < 1.29 is 4.79 Å². The van der Waals surface area contributed by atoms with E-state index in [9.17, 15) is 4.79 Å². The van der Waals surface area contributed by atoms with Gasteiger partial charge in [-0.25, -0.2) is 9.97 Å². The van der Waals surface area contributed by atoms with E-state index < -0.39 is 11.9 Å². The first-order chi connectivity index (χ1) is 10.9. The normalized spacial score (nSPS) is 12.2. The molecule has 1 amide bonds. The van der Waals surface area contributed by atoms with Crippen LogP contribution < -0.4 is 11.1 Å². The number of pyridine rings is 1. The molecule has 7 heteroatoms. The van der Waals surface area contributed by atoms with Crippen molar-refractivity contribution >= 4 is 23.3 Å². The Morgan fingerprint density at radius 3 is 2.65 bits per heavy atom. The molecule has 2 aromatic rings. The SMILES string of the molecule is Cc1nc(-c2ccccn2)nc(NC(CC(C)C)C(N)=O)c1Cl. The van der Waals surface area contributed by atoms with E-state index in [1.165, 1.54) is 0 Å². The van der Waals surface area contributed by atoms with Crippen molar-refractivity contribution in [2.75, 3.05) is 5.32 Å². The Morgan fingerprint density at radius 2 is 2.09 bits per heavy atom. The van der Waals surface area contributed by atoms with E-state index in [4.69, 9.17) is 17.3 Å². The number of primary amides is 1. The summed E-state index contributed by atoms with van der Waals surface area (Å²) in [6, 6.07) is 4.94. The fourth-order valence-electron chi connectivity index (χ4n) is 2.15. The average molecular weight is 334 g/mol. The van der Waals surface area contributed by atoms with Gasteiger partial charge in [0.1, 0.15) is 22.6 Å². The van der Waals surface area contributed by atoms with Crippen LogP contribution in [0.5, 0.6) is 0 Å². The molecule has 2 rings (SSSR count). The monoisotopic (exact) mass is 333 g/mol. The van der Waals surface area contributed by atoms with E-state index in [-0.39, 0.29) is 0 Å². The maximum Gasteiger partial charge on any atom is 0.239 e. The van der Waals surface area contributed by atoms with Crippen LogP contribution in [0.4, 0.5) is 5.82 Å². The van der Waals surface area contributed by atoms with E-state index in [1.807, 2.05) is 32.0 Å². The zero-order valence-corrected chi connectivity index (χ0v) is 14.1. The molecule has 6 nitrogen and oxygen atoms in total. The van der Waals surface area contributed by atoms with Crippen LogP contribution >= 0.6 is 11.6 Å². The number of hydrogen-bond acceptors (Lipinski definition) is 5. The summed E-state index contributed by atoms with van der Waals surface area (Å²) in [5.74, 6) is 0.703. The van der Waals surface area contributed by atoms with Gasteiger partial charge in [0.25, 0.3) is 0 Å². The minimum atomic E-state index is -0.543. The van der Waals surface area contributed by atoms with Crippen molar-refractivity contribution in [1.29, 1.82) is 0 Å². The first kappa shape index (κ1) is 17.1. The third kappa shape index (κ3) is 4.39. The van der Waals surface area contributed by atoms with Gasteiger partial charge >= 0.3 is 0 Å². The van der Waals surface area contributed by atoms with Crippen LogP contribution in [0.25, 0.3) is 11.5 Å². The summed E-state index contributed by atoms with van der Waals surface area (Å²) in [4.78, 5) is 24.7. The molecule has 0 spiro atoms. The Kier molecular flexibility index (Phi) is 5.50. The Labute approximate surface area is 140 Å². The predicted molar refractivity (Wildman–Crippen MR) is 91.1 cm³/mol. The number of nitrogens with two attached hydrogens (primary N) is 1. The molecule has 3 N–H and O–H groups in total.